The fourth-order valence-corrected chi connectivity index (χ4v) is 1.07. The first-order valence-corrected chi connectivity index (χ1v) is 5.01. The number of hydrogen-bond acceptors (Lipinski definition) is 3. The van der Waals surface area contributed by atoms with Gasteiger partial charge in [0.05, 0.1) is 19.6 Å². The molecular weight excluding hydrogens is 227 g/mol. The molecule has 1 rings (SSSR count). The van der Waals surface area contributed by atoms with Crippen molar-refractivity contribution < 1.29 is 18.7 Å². The molecular formula is C11H13FN2O3. The SMILES string of the molecule is NC(=O)CNC(=O)CCOc1ccc(F)cc1. The monoisotopic (exact) mass is 240 g/mol. The van der Waals surface area contributed by atoms with Crippen molar-refractivity contribution in [2.45, 2.75) is 6.42 Å². The molecule has 1 aromatic rings. The third-order valence-electron chi connectivity index (χ3n) is 1.87. The van der Waals surface area contributed by atoms with Crippen LogP contribution in [0, 0.1) is 5.82 Å². The largest absolute Gasteiger partial charge is 0.493 e. The van der Waals surface area contributed by atoms with Gasteiger partial charge in [0.1, 0.15) is 11.6 Å². The minimum Gasteiger partial charge on any atom is -0.493 e. The highest BCUT2D eigenvalue weighted by molar-refractivity contribution is 5.83. The highest BCUT2D eigenvalue weighted by atomic mass is 19.1. The van der Waals surface area contributed by atoms with Gasteiger partial charge in [0.15, 0.2) is 0 Å². The van der Waals surface area contributed by atoms with E-state index in [0.717, 1.165) is 0 Å². The van der Waals surface area contributed by atoms with Gasteiger partial charge in [0, 0.05) is 0 Å². The van der Waals surface area contributed by atoms with Crippen LogP contribution in [-0.4, -0.2) is 25.0 Å². The summed E-state index contributed by atoms with van der Waals surface area (Å²) in [4.78, 5) is 21.5. The van der Waals surface area contributed by atoms with Gasteiger partial charge in [0.2, 0.25) is 11.8 Å². The van der Waals surface area contributed by atoms with Gasteiger partial charge < -0.3 is 15.8 Å². The fourth-order valence-electron chi connectivity index (χ4n) is 1.07. The summed E-state index contributed by atoms with van der Waals surface area (Å²) in [5.41, 5.74) is 4.85. The van der Waals surface area contributed by atoms with Gasteiger partial charge in [-0.3, -0.25) is 9.59 Å². The van der Waals surface area contributed by atoms with Crippen molar-refractivity contribution in [2.75, 3.05) is 13.2 Å². The summed E-state index contributed by atoms with van der Waals surface area (Å²) in [5.74, 6) is -0.797. The highest BCUT2D eigenvalue weighted by Gasteiger charge is 2.03. The molecule has 0 aliphatic heterocycles. The van der Waals surface area contributed by atoms with E-state index < -0.39 is 5.91 Å². The van der Waals surface area contributed by atoms with Crippen LogP contribution in [0.3, 0.4) is 0 Å². The quantitative estimate of drug-likeness (QED) is 0.745. The number of primary amides is 1. The third-order valence-corrected chi connectivity index (χ3v) is 1.87. The van der Waals surface area contributed by atoms with Crippen molar-refractivity contribution in [3.05, 3.63) is 30.1 Å². The predicted molar refractivity (Wildman–Crippen MR) is 58.7 cm³/mol. The molecule has 92 valence electrons. The van der Waals surface area contributed by atoms with Gasteiger partial charge >= 0.3 is 0 Å². The number of carbonyl (C=O) groups is 2. The number of amides is 2. The van der Waals surface area contributed by atoms with Crippen molar-refractivity contribution in [1.82, 2.24) is 5.32 Å². The summed E-state index contributed by atoms with van der Waals surface area (Å²) in [6.07, 6.45) is 0.102. The molecule has 0 fully saturated rings. The smallest absolute Gasteiger partial charge is 0.236 e. The molecule has 3 N–H and O–H groups in total. The Hall–Kier alpha value is -2.11. The molecule has 0 bridgehead atoms. The normalized spacial score (nSPS) is 9.71. The fraction of sp³-hybridized carbons (Fsp3) is 0.273. The Morgan fingerprint density at radius 3 is 2.53 bits per heavy atom. The van der Waals surface area contributed by atoms with Crippen LogP contribution < -0.4 is 15.8 Å². The molecule has 5 nitrogen and oxygen atoms in total. The minimum absolute atomic E-state index is 0.102. The Bertz CT molecular complexity index is 392. The Labute approximate surface area is 97.7 Å². The van der Waals surface area contributed by atoms with Crippen LogP contribution >= 0.6 is 0 Å². The van der Waals surface area contributed by atoms with E-state index in [4.69, 9.17) is 10.5 Å². The molecule has 0 saturated heterocycles. The second-order valence-electron chi connectivity index (χ2n) is 3.30. The molecule has 0 spiro atoms. The van der Waals surface area contributed by atoms with E-state index in [1.165, 1.54) is 24.3 Å². The molecule has 0 aliphatic rings. The summed E-state index contributed by atoms with van der Waals surface area (Å²) in [7, 11) is 0. The molecule has 17 heavy (non-hydrogen) atoms. The molecule has 0 aliphatic carbocycles. The lowest BCUT2D eigenvalue weighted by atomic mass is 10.3. The standard InChI is InChI=1S/C11H13FN2O3/c12-8-1-3-9(4-2-8)17-6-5-11(16)14-7-10(13)15/h1-4H,5-7H2,(H2,13,15)(H,14,16). The molecule has 0 aromatic heterocycles. The van der Waals surface area contributed by atoms with Crippen LogP contribution in [-0.2, 0) is 9.59 Å². The molecule has 0 heterocycles. The van der Waals surface area contributed by atoms with Crippen LogP contribution in [0.4, 0.5) is 4.39 Å². The first-order chi connectivity index (χ1) is 8.08. The highest BCUT2D eigenvalue weighted by Crippen LogP contribution is 2.10. The zero-order chi connectivity index (χ0) is 12.7. The van der Waals surface area contributed by atoms with Crippen molar-refractivity contribution in [3.63, 3.8) is 0 Å². The van der Waals surface area contributed by atoms with Gasteiger partial charge in [0.25, 0.3) is 0 Å². The second kappa shape index (κ2) is 6.47. The van der Waals surface area contributed by atoms with Crippen molar-refractivity contribution in [1.29, 1.82) is 0 Å². The number of rotatable bonds is 6. The average Bonchev–Trinajstić information content (AvgIpc) is 2.29. The zero-order valence-electron chi connectivity index (χ0n) is 9.11. The number of benzene rings is 1. The van der Waals surface area contributed by atoms with Gasteiger partial charge in [-0.05, 0) is 24.3 Å². The summed E-state index contributed by atoms with van der Waals surface area (Å²) in [6, 6.07) is 5.47. The maximum Gasteiger partial charge on any atom is 0.236 e. The number of nitrogens with two attached hydrogens (primary N) is 1. The molecule has 2 amide bonds. The maximum atomic E-state index is 12.5. The van der Waals surface area contributed by atoms with Gasteiger partial charge in [-0.25, -0.2) is 4.39 Å². The van der Waals surface area contributed by atoms with Crippen LogP contribution in [0.15, 0.2) is 24.3 Å². The van der Waals surface area contributed by atoms with E-state index in [2.05, 4.69) is 5.32 Å². The Morgan fingerprint density at radius 1 is 1.29 bits per heavy atom. The van der Waals surface area contributed by atoms with E-state index >= 15 is 0 Å². The van der Waals surface area contributed by atoms with Crippen LogP contribution in [0.1, 0.15) is 6.42 Å². The summed E-state index contributed by atoms with van der Waals surface area (Å²) >= 11 is 0. The Balaban J connectivity index is 2.21. The number of hydrogen-bond donors (Lipinski definition) is 2. The molecule has 1 aromatic carbocycles. The first kappa shape index (κ1) is 13.0. The van der Waals surface area contributed by atoms with Crippen molar-refractivity contribution in [3.8, 4) is 5.75 Å². The molecule has 0 unspecified atom stereocenters. The number of halogens is 1. The van der Waals surface area contributed by atoms with E-state index in [1.807, 2.05) is 0 Å². The summed E-state index contributed by atoms with van der Waals surface area (Å²) in [6.45, 7) is -0.0361. The predicted octanol–water partition coefficient (Wildman–Crippen LogP) is 0.196. The van der Waals surface area contributed by atoms with E-state index in [9.17, 15) is 14.0 Å². The van der Waals surface area contributed by atoms with E-state index in [0.29, 0.717) is 5.75 Å². The van der Waals surface area contributed by atoms with Gasteiger partial charge in [-0.2, -0.15) is 0 Å². The zero-order valence-corrected chi connectivity index (χ0v) is 9.11. The molecule has 6 heteroatoms. The molecule has 0 atom stereocenters. The van der Waals surface area contributed by atoms with Crippen LogP contribution in [0.2, 0.25) is 0 Å². The number of ether oxygens (including phenoxy) is 1. The molecule has 0 radical (unpaired) electrons. The van der Waals surface area contributed by atoms with Gasteiger partial charge in [-0.1, -0.05) is 0 Å². The first-order valence-electron chi connectivity index (χ1n) is 5.01. The van der Waals surface area contributed by atoms with Crippen molar-refractivity contribution >= 4 is 11.8 Å². The minimum atomic E-state index is -0.599. The lowest BCUT2D eigenvalue weighted by molar-refractivity contribution is -0.125. The van der Waals surface area contributed by atoms with Crippen molar-refractivity contribution in [2.24, 2.45) is 5.73 Å². The Kier molecular flexibility index (Phi) is 4.93. The lowest BCUT2D eigenvalue weighted by Gasteiger charge is -2.06. The number of carbonyl (C=O) groups excluding carboxylic acids is 2. The lowest BCUT2D eigenvalue weighted by Crippen LogP contribution is -2.33. The van der Waals surface area contributed by atoms with Gasteiger partial charge in [-0.15, -0.1) is 0 Å². The topological polar surface area (TPSA) is 81.4 Å². The van der Waals surface area contributed by atoms with E-state index in [-0.39, 0.29) is 31.3 Å². The summed E-state index contributed by atoms with van der Waals surface area (Å²) < 4.78 is 17.7. The van der Waals surface area contributed by atoms with Crippen LogP contribution in [0.25, 0.3) is 0 Å². The third kappa shape index (κ3) is 5.50. The molecule has 0 saturated carbocycles. The maximum absolute atomic E-state index is 12.5. The Morgan fingerprint density at radius 2 is 1.94 bits per heavy atom. The second-order valence-corrected chi connectivity index (χ2v) is 3.30. The van der Waals surface area contributed by atoms with Crippen LogP contribution in [0.5, 0.6) is 5.75 Å². The number of nitrogens with one attached hydrogen (secondary N) is 1. The van der Waals surface area contributed by atoms with E-state index in [1.54, 1.807) is 0 Å². The average molecular weight is 240 g/mol. The summed E-state index contributed by atoms with van der Waals surface area (Å²) in [5, 5.41) is 2.32.